The zero-order valence-electron chi connectivity index (χ0n) is 13.6. The zero-order valence-corrected chi connectivity index (χ0v) is 13.6. The van der Waals surface area contributed by atoms with Gasteiger partial charge in [0.15, 0.2) is 0 Å². The first-order chi connectivity index (χ1) is 11.6. The van der Waals surface area contributed by atoms with Gasteiger partial charge in [-0.1, -0.05) is 0 Å². The molecule has 130 valence electrons. The number of anilines is 1. The van der Waals surface area contributed by atoms with E-state index in [9.17, 15) is 14.4 Å². The van der Waals surface area contributed by atoms with Crippen molar-refractivity contribution in [1.82, 2.24) is 5.32 Å². The Labute approximate surface area is 140 Å². The van der Waals surface area contributed by atoms with E-state index in [-0.39, 0.29) is 0 Å². The van der Waals surface area contributed by atoms with E-state index in [0.717, 1.165) is 32.8 Å². The summed E-state index contributed by atoms with van der Waals surface area (Å²) in [6, 6.07) is 6.10. The molecule has 8 nitrogen and oxygen atoms in total. The molecule has 8 heteroatoms. The lowest BCUT2D eigenvalue weighted by Gasteiger charge is -2.23. The summed E-state index contributed by atoms with van der Waals surface area (Å²) < 4.78 is 9.85. The number of hydrogen-bond acceptors (Lipinski definition) is 5. The Morgan fingerprint density at radius 3 is 2.42 bits per heavy atom. The molecule has 3 N–H and O–H groups in total. The summed E-state index contributed by atoms with van der Waals surface area (Å²) in [6.07, 6.45) is 0. The molecule has 1 aromatic carbocycles. The Morgan fingerprint density at radius 2 is 1.79 bits per heavy atom. The number of nitrogens with one attached hydrogen (secondary N) is 3. The average molecular weight is 336 g/mol. The van der Waals surface area contributed by atoms with Gasteiger partial charge in [-0.05, 0) is 24.3 Å². The molecule has 1 fully saturated rings. The van der Waals surface area contributed by atoms with Crippen molar-refractivity contribution < 1.29 is 28.8 Å². The lowest BCUT2D eigenvalue weighted by molar-refractivity contribution is -0.906. The van der Waals surface area contributed by atoms with Gasteiger partial charge in [0.1, 0.15) is 13.1 Å². The maximum atomic E-state index is 11.8. The summed E-state index contributed by atoms with van der Waals surface area (Å²) in [4.78, 5) is 36.3. The number of amides is 2. The molecule has 1 aliphatic rings. The number of rotatable bonds is 5. The van der Waals surface area contributed by atoms with Crippen LogP contribution in [0.15, 0.2) is 24.3 Å². The highest BCUT2D eigenvalue weighted by molar-refractivity contribution is 6.39. The van der Waals surface area contributed by atoms with Crippen LogP contribution in [0.3, 0.4) is 0 Å². The van der Waals surface area contributed by atoms with Gasteiger partial charge in [0.25, 0.3) is 0 Å². The molecule has 0 unspecified atom stereocenters. The molecule has 1 heterocycles. The van der Waals surface area contributed by atoms with Crippen LogP contribution >= 0.6 is 0 Å². The van der Waals surface area contributed by atoms with E-state index < -0.39 is 17.8 Å². The predicted octanol–water partition coefficient (Wildman–Crippen LogP) is -1.56. The van der Waals surface area contributed by atoms with Crippen molar-refractivity contribution in [2.24, 2.45) is 0 Å². The van der Waals surface area contributed by atoms with Crippen LogP contribution in [0.2, 0.25) is 0 Å². The van der Waals surface area contributed by atoms with Gasteiger partial charge in [0.05, 0.1) is 39.0 Å². The van der Waals surface area contributed by atoms with Crippen molar-refractivity contribution in [2.45, 2.75) is 0 Å². The Hall–Kier alpha value is -2.45. The maximum Gasteiger partial charge on any atom is 0.337 e. The van der Waals surface area contributed by atoms with E-state index in [2.05, 4.69) is 15.4 Å². The van der Waals surface area contributed by atoms with E-state index in [1.165, 1.54) is 36.3 Å². The second-order valence-electron chi connectivity index (χ2n) is 5.39. The van der Waals surface area contributed by atoms with Crippen LogP contribution in [0.1, 0.15) is 10.4 Å². The number of quaternary nitrogens is 1. The van der Waals surface area contributed by atoms with Crippen LogP contribution in [0.25, 0.3) is 0 Å². The highest BCUT2D eigenvalue weighted by atomic mass is 16.5. The molecule has 0 bridgehead atoms. The smallest absolute Gasteiger partial charge is 0.337 e. The normalized spacial score (nSPS) is 14.7. The van der Waals surface area contributed by atoms with E-state index in [1.807, 2.05) is 0 Å². The van der Waals surface area contributed by atoms with Crippen molar-refractivity contribution in [3.63, 3.8) is 0 Å². The third-order valence-corrected chi connectivity index (χ3v) is 3.73. The van der Waals surface area contributed by atoms with Crippen LogP contribution in [0.5, 0.6) is 0 Å². The summed E-state index contributed by atoms with van der Waals surface area (Å²) in [5, 5.41) is 5.09. The molecule has 0 saturated carbocycles. The number of benzene rings is 1. The summed E-state index contributed by atoms with van der Waals surface area (Å²) in [5.74, 6) is -1.88. The van der Waals surface area contributed by atoms with Gasteiger partial charge in [-0.25, -0.2) is 4.79 Å². The average Bonchev–Trinajstić information content (AvgIpc) is 2.62. The number of esters is 1. The molecule has 1 aliphatic heterocycles. The topological polar surface area (TPSA) is 98.2 Å². The highest BCUT2D eigenvalue weighted by Gasteiger charge is 2.17. The molecule has 1 aromatic rings. The fourth-order valence-electron chi connectivity index (χ4n) is 2.34. The van der Waals surface area contributed by atoms with Crippen LogP contribution < -0.4 is 15.5 Å². The Bertz CT molecular complexity index is 582. The number of ether oxygens (including phenoxy) is 2. The SMILES string of the molecule is COC(=O)c1ccc(NC(=O)C(=O)NCC[NH+]2CCOCC2)cc1. The summed E-state index contributed by atoms with van der Waals surface area (Å²) in [7, 11) is 1.29. The minimum absolute atomic E-state index is 0.369. The molecule has 0 spiro atoms. The van der Waals surface area contributed by atoms with E-state index in [1.54, 1.807) is 0 Å². The van der Waals surface area contributed by atoms with Gasteiger partial charge in [0.2, 0.25) is 0 Å². The number of carbonyl (C=O) groups excluding carboxylic acids is 3. The van der Waals surface area contributed by atoms with Gasteiger partial charge in [0, 0.05) is 5.69 Å². The van der Waals surface area contributed by atoms with Gasteiger partial charge in [-0.2, -0.15) is 0 Å². The first-order valence-electron chi connectivity index (χ1n) is 7.79. The second-order valence-corrected chi connectivity index (χ2v) is 5.39. The molecule has 1 saturated heterocycles. The third kappa shape index (κ3) is 5.32. The standard InChI is InChI=1S/C16H21N3O5/c1-23-16(22)12-2-4-13(5-3-12)18-15(21)14(20)17-6-7-19-8-10-24-11-9-19/h2-5H,6-11H2,1H3,(H,17,20)(H,18,21)/p+1. The van der Waals surface area contributed by atoms with Crippen LogP contribution in [0, 0.1) is 0 Å². The number of morpholine rings is 1. The van der Waals surface area contributed by atoms with Crippen LogP contribution in [0.4, 0.5) is 5.69 Å². The minimum Gasteiger partial charge on any atom is -0.465 e. The molecule has 24 heavy (non-hydrogen) atoms. The maximum absolute atomic E-state index is 11.8. The molecular weight excluding hydrogens is 314 g/mol. The summed E-state index contributed by atoms with van der Waals surface area (Å²) in [5.41, 5.74) is 0.801. The number of hydrogen-bond donors (Lipinski definition) is 3. The molecule has 2 amide bonds. The Balaban J connectivity index is 1.74. The first kappa shape index (κ1) is 17.9. The van der Waals surface area contributed by atoms with Gasteiger partial charge >= 0.3 is 17.8 Å². The van der Waals surface area contributed by atoms with Crippen molar-refractivity contribution in [2.75, 3.05) is 51.8 Å². The number of carbonyl (C=O) groups is 3. The monoisotopic (exact) mass is 336 g/mol. The quantitative estimate of drug-likeness (QED) is 0.446. The van der Waals surface area contributed by atoms with Crippen molar-refractivity contribution in [3.05, 3.63) is 29.8 Å². The summed E-state index contributed by atoms with van der Waals surface area (Å²) >= 11 is 0. The molecule has 0 aromatic heterocycles. The molecule has 0 aliphatic carbocycles. The first-order valence-corrected chi connectivity index (χ1v) is 7.79. The third-order valence-electron chi connectivity index (χ3n) is 3.73. The van der Waals surface area contributed by atoms with E-state index >= 15 is 0 Å². The van der Waals surface area contributed by atoms with Gasteiger partial charge < -0.3 is 25.0 Å². The van der Waals surface area contributed by atoms with Crippen molar-refractivity contribution in [3.8, 4) is 0 Å². The lowest BCUT2D eigenvalue weighted by Crippen LogP contribution is -3.14. The predicted molar refractivity (Wildman–Crippen MR) is 85.8 cm³/mol. The van der Waals surface area contributed by atoms with Gasteiger partial charge in [-0.3, -0.25) is 9.59 Å². The fraction of sp³-hybridized carbons (Fsp3) is 0.438. The van der Waals surface area contributed by atoms with Crippen LogP contribution in [-0.4, -0.2) is 64.3 Å². The minimum atomic E-state index is -0.738. The molecule has 0 radical (unpaired) electrons. The zero-order chi connectivity index (χ0) is 17.4. The lowest BCUT2D eigenvalue weighted by atomic mass is 10.2. The van der Waals surface area contributed by atoms with Gasteiger partial charge in [-0.15, -0.1) is 0 Å². The Kier molecular flexibility index (Phi) is 6.71. The number of methoxy groups -OCH3 is 1. The molecule has 2 rings (SSSR count). The van der Waals surface area contributed by atoms with Crippen molar-refractivity contribution >= 4 is 23.5 Å². The molecule has 0 atom stereocenters. The fourth-order valence-corrected chi connectivity index (χ4v) is 2.34. The summed E-state index contributed by atoms with van der Waals surface area (Å²) in [6.45, 7) is 4.47. The van der Waals surface area contributed by atoms with E-state index in [0.29, 0.717) is 17.8 Å². The van der Waals surface area contributed by atoms with Crippen molar-refractivity contribution in [1.29, 1.82) is 0 Å². The second kappa shape index (κ2) is 8.99. The molecular formula is C16H22N3O5+. The largest absolute Gasteiger partial charge is 0.465 e. The highest BCUT2D eigenvalue weighted by Crippen LogP contribution is 2.10. The van der Waals surface area contributed by atoms with E-state index in [4.69, 9.17) is 4.74 Å². The Morgan fingerprint density at radius 1 is 1.12 bits per heavy atom. The van der Waals surface area contributed by atoms with Crippen LogP contribution in [-0.2, 0) is 19.1 Å².